The van der Waals surface area contributed by atoms with Crippen molar-refractivity contribution in [3.63, 3.8) is 0 Å². The Bertz CT molecular complexity index is 361. The Morgan fingerprint density at radius 3 is 2.19 bits per heavy atom. The topological polar surface area (TPSA) is 43.1 Å². The Labute approximate surface area is 96.8 Å². The van der Waals surface area contributed by atoms with Gasteiger partial charge in [-0.15, -0.1) is 0 Å². The second-order valence-electron chi connectivity index (χ2n) is 4.83. The molecule has 1 saturated carbocycles. The summed E-state index contributed by atoms with van der Waals surface area (Å²) in [5, 5.41) is 0. The molecule has 16 heavy (non-hydrogen) atoms. The summed E-state index contributed by atoms with van der Waals surface area (Å²) in [6.07, 6.45) is 4.36. The van der Waals surface area contributed by atoms with E-state index in [4.69, 9.17) is 5.73 Å². The van der Waals surface area contributed by atoms with Crippen LogP contribution in [0.1, 0.15) is 44.1 Å². The number of ketones is 1. The van der Waals surface area contributed by atoms with E-state index < -0.39 is 0 Å². The highest BCUT2D eigenvalue weighted by Gasteiger charge is 2.24. The fourth-order valence-electron chi connectivity index (χ4n) is 2.60. The van der Waals surface area contributed by atoms with Crippen molar-refractivity contribution in [2.24, 2.45) is 5.92 Å². The van der Waals surface area contributed by atoms with E-state index in [1.165, 1.54) is 5.56 Å². The van der Waals surface area contributed by atoms with Crippen LogP contribution in [0.25, 0.3) is 0 Å². The van der Waals surface area contributed by atoms with E-state index >= 15 is 0 Å². The molecule has 0 amide bonds. The molecule has 1 aliphatic rings. The van der Waals surface area contributed by atoms with Gasteiger partial charge >= 0.3 is 0 Å². The van der Waals surface area contributed by atoms with Gasteiger partial charge in [0.25, 0.3) is 0 Å². The van der Waals surface area contributed by atoms with Crippen molar-refractivity contribution in [1.82, 2.24) is 0 Å². The summed E-state index contributed by atoms with van der Waals surface area (Å²) in [5.74, 6) is 1.29. The normalized spacial score (nSPS) is 25.3. The van der Waals surface area contributed by atoms with Crippen molar-refractivity contribution in [3.05, 3.63) is 29.8 Å². The van der Waals surface area contributed by atoms with Crippen molar-refractivity contribution in [2.45, 2.75) is 38.5 Å². The van der Waals surface area contributed by atoms with Gasteiger partial charge in [-0.1, -0.05) is 12.1 Å². The number of hydrogen-bond acceptors (Lipinski definition) is 2. The third-order valence-electron chi connectivity index (χ3n) is 3.71. The van der Waals surface area contributed by atoms with Crippen molar-refractivity contribution in [2.75, 3.05) is 5.73 Å². The van der Waals surface area contributed by atoms with E-state index in [0.717, 1.165) is 31.4 Å². The van der Waals surface area contributed by atoms with E-state index in [0.29, 0.717) is 17.6 Å². The fourth-order valence-corrected chi connectivity index (χ4v) is 2.60. The van der Waals surface area contributed by atoms with Crippen LogP contribution in [-0.2, 0) is 4.79 Å². The van der Waals surface area contributed by atoms with Crippen molar-refractivity contribution in [1.29, 1.82) is 0 Å². The number of nitrogen functional groups attached to an aromatic ring is 1. The molecule has 1 aromatic rings. The number of rotatable bonds is 2. The van der Waals surface area contributed by atoms with E-state index in [1.807, 2.05) is 12.1 Å². The third-order valence-corrected chi connectivity index (χ3v) is 3.71. The molecule has 1 fully saturated rings. The van der Waals surface area contributed by atoms with E-state index in [1.54, 1.807) is 6.92 Å². The summed E-state index contributed by atoms with van der Waals surface area (Å²) in [7, 11) is 0. The van der Waals surface area contributed by atoms with Crippen LogP contribution in [0, 0.1) is 5.92 Å². The van der Waals surface area contributed by atoms with Crippen LogP contribution in [0.2, 0.25) is 0 Å². The zero-order chi connectivity index (χ0) is 11.5. The van der Waals surface area contributed by atoms with Crippen molar-refractivity contribution < 1.29 is 4.79 Å². The Hall–Kier alpha value is -1.31. The standard InChI is InChI=1S/C14H19NO/c1-10(16)11-2-4-12(5-3-11)13-6-8-14(15)9-7-13/h6-9,11-12H,2-5,15H2,1H3. The predicted octanol–water partition coefficient (Wildman–Crippen LogP) is 3.13. The molecule has 86 valence electrons. The molecule has 0 heterocycles. The maximum Gasteiger partial charge on any atom is 0.132 e. The summed E-state index contributed by atoms with van der Waals surface area (Å²) in [6, 6.07) is 8.17. The molecule has 0 atom stereocenters. The molecule has 2 heteroatoms. The maximum absolute atomic E-state index is 11.3. The van der Waals surface area contributed by atoms with Gasteiger partial charge in [0, 0.05) is 11.6 Å². The first kappa shape index (κ1) is 11.2. The highest BCUT2D eigenvalue weighted by molar-refractivity contribution is 5.78. The summed E-state index contributed by atoms with van der Waals surface area (Å²) in [5.41, 5.74) is 7.87. The highest BCUT2D eigenvalue weighted by atomic mass is 16.1. The van der Waals surface area contributed by atoms with Gasteiger partial charge < -0.3 is 5.73 Å². The number of nitrogens with two attached hydrogens (primary N) is 1. The van der Waals surface area contributed by atoms with Gasteiger partial charge in [-0.3, -0.25) is 4.79 Å². The average molecular weight is 217 g/mol. The molecule has 1 aliphatic carbocycles. The smallest absolute Gasteiger partial charge is 0.132 e. The summed E-state index contributed by atoms with van der Waals surface area (Å²) in [4.78, 5) is 11.3. The number of carbonyl (C=O) groups is 1. The van der Waals surface area contributed by atoms with Gasteiger partial charge in [-0.25, -0.2) is 0 Å². The number of Topliss-reactive ketones (excluding diaryl/α,β-unsaturated/α-hetero) is 1. The van der Waals surface area contributed by atoms with Gasteiger partial charge in [-0.2, -0.15) is 0 Å². The second kappa shape index (κ2) is 4.69. The van der Waals surface area contributed by atoms with Gasteiger partial charge in [0.2, 0.25) is 0 Å². The summed E-state index contributed by atoms with van der Waals surface area (Å²) >= 11 is 0. The number of anilines is 1. The van der Waals surface area contributed by atoms with Gasteiger partial charge in [0.05, 0.1) is 0 Å². The van der Waals surface area contributed by atoms with Crippen LogP contribution in [0.15, 0.2) is 24.3 Å². The fraction of sp³-hybridized carbons (Fsp3) is 0.500. The molecule has 0 aliphatic heterocycles. The lowest BCUT2D eigenvalue weighted by Gasteiger charge is -2.27. The zero-order valence-electron chi connectivity index (χ0n) is 9.78. The van der Waals surface area contributed by atoms with Crippen LogP contribution in [0.3, 0.4) is 0 Å². The zero-order valence-corrected chi connectivity index (χ0v) is 9.78. The summed E-state index contributed by atoms with van der Waals surface area (Å²) in [6.45, 7) is 1.72. The quantitative estimate of drug-likeness (QED) is 0.773. The lowest BCUT2D eigenvalue weighted by atomic mass is 9.77. The van der Waals surface area contributed by atoms with E-state index in [-0.39, 0.29) is 0 Å². The predicted molar refractivity (Wildman–Crippen MR) is 66.2 cm³/mol. The van der Waals surface area contributed by atoms with Crippen LogP contribution in [0.4, 0.5) is 5.69 Å². The molecule has 2 rings (SSSR count). The number of benzene rings is 1. The third kappa shape index (κ3) is 2.43. The Morgan fingerprint density at radius 2 is 1.69 bits per heavy atom. The lowest BCUT2D eigenvalue weighted by molar-refractivity contribution is -0.121. The average Bonchev–Trinajstić information content (AvgIpc) is 2.30. The first-order valence-electron chi connectivity index (χ1n) is 6.02. The number of hydrogen-bond donors (Lipinski definition) is 1. The van der Waals surface area contributed by atoms with E-state index in [2.05, 4.69) is 12.1 Å². The van der Waals surface area contributed by atoms with Gasteiger partial charge in [-0.05, 0) is 56.2 Å². The molecule has 0 saturated heterocycles. The molecular weight excluding hydrogens is 198 g/mol. The lowest BCUT2D eigenvalue weighted by Crippen LogP contribution is -2.18. The van der Waals surface area contributed by atoms with Gasteiger partial charge in [0.15, 0.2) is 0 Å². The monoisotopic (exact) mass is 217 g/mol. The Kier molecular flexibility index (Phi) is 3.28. The minimum absolute atomic E-state index is 0.310. The second-order valence-corrected chi connectivity index (χ2v) is 4.83. The molecule has 1 aromatic carbocycles. The van der Waals surface area contributed by atoms with Crippen molar-refractivity contribution >= 4 is 11.5 Å². The van der Waals surface area contributed by atoms with Crippen LogP contribution in [-0.4, -0.2) is 5.78 Å². The van der Waals surface area contributed by atoms with Crippen LogP contribution < -0.4 is 5.73 Å². The molecule has 0 radical (unpaired) electrons. The number of carbonyl (C=O) groups excluding carboxylic acids is 1. The molecule has 0 aromatic heterocycles. The first-order chi connectivity index (χ1) is 7.66. The first-order valence-corrected chi connectivity index (χ1v) is 6.02. The molecular formula is C14H19NO. The highest BCUT2D eigenvalue weighted by Crippen LogP contribution is 2.36. The minimum atomic E-state index is 0.310. The summed E-state index contributed by atoms with van der Waals surface area (Å²) < 4.78 is 0. The maximum atomic E-state index is 11.3. The molecule has 0 bridgehead atoms. The van der Waals surface area contributed by atoms with Crippen molar-refractivity contribution in [3.8, 4) is 0 Å². The molecule has 0 unspecified atom stereocenters. The molecule has 2 nitrogen and oxygen atoms in total. The largest absolute Gasteiger partial charge is 0.399 e. The molecule has 2 N–H and O–H groups in total. The van der Waals surface area contributed by atoms with E-state index in [9.17, 15) is 4.79 Å². The Morgan fingerprint density at radius 1 is 1.12 bits per heavy atom. The minimum Gasteiger partial charge on any atom is -0.399 e. The van der Waals surface area contributed by atoms with Crippen LogP contribution >= 0.6 is 0 Å². The Balaban J connectivity index is 1.99. The van der Waals surface area contributed by atoms with Gasteiger partial charge in [0.1, 0.15) is 5.78 Å². The molecule has 0 spiro atoms. The van der Waals surface area contributed by atoms with Crippen LogP contribution in [0.5, 0.6) is 0 Å². The SMILES string of the molecule is CC(=O)C1CCC(c2ccc(N)cc2)CC1.